The number of carbonyl (C=O) groups excluding carboxylic acids is 1. The lowest BCUT2D eigenvalue weighted by atomic mass is 10.1. The van der Waals surface area contributed by atoms with Crippen molar-refractivity contribution in [1.82, 2.24) is 4.90 Å². The molecule has 2 N–H and O–H groups in total. The van der Waals surface area contributed by atoms with Crippen molar-refractivity contribution in [2.24, 2.45) is 0 Å². The number of nitrogens with zero attached hydrogens (tertiary/aromatic N) is 2. The van der Waals surface area contributed by atoms with E-state index in [0.717, 1.165) is 19.3 Å². The number of carboxylic acids is 1. The molecule has 0 radical (unpaired) electrons. The minimum atomic E-state index is -1.06. The molecule has 116 valence electrons. The van der Waals surface area contributed by atoms with E-state index in [4.69, 9.17) is 10.2 Å². The minimum Gasteiger partial charge on any atom is -0.478 e. The number of hydrogen-bond acceptors (Lipinski definition) is 3. The average Bonchev–Trinajstić information content (AvgIpc) is 2.49. The second kappa shape index (κ2) is 8.26. The van der Waals surface area contributed by atoms with Crippen LogP contribution in [0, 0.1) is 0 Å². The van der Waals surface area contributed by atoms with Crippen molar-refractivity contribution in [1.29, 1.82) is 0 Å². The Balaban J connectivity index is 2.72. The average molecular weight is 294 g/mol. The van der Waals surface area contributed by atoms with Gasteiger partial charge in [0.05, 0.1) is 11.3 Å². The van der Waals surface area contributed by atoms with Crippen LogP contribution < -0.4 is 4.90 Å². The summed E-state index contributed by atoms with van der Waals surface area (Å²) in [6, 6.07) is 6.16. The van der Waals surface area contributed by atoms with Gasteiger partial charge < -0.3 is 15.1 Å². The van der Waals surface area contributed by atoms with Crippen LogP contribution in [0.5, 0.6) is 0 Å². The number of carbonyl (C=O) groups is 2. The largest absolute Gasteiger partial charge is 0.478 e. The number of hydrogen-bond donors (Lipinski definition) is 2. The van der Waals surface area contributed by atoms with Gasteiger partial charge in [-0.25, -0.2) is 9.59 Å². The predicted octanol–water partition coefficient (Wildman–Crippen LogP) is 2.04. The molecule has 0 atom stereocenters. The molecule has 6 heteroatoms. The van der Waals surface area contributed by atoms with Crippen molar-refractivity contribution in [3.63, 3.8) is 0 Å². The van der Waals surface area contributed by atoms with Gasteiger partial charge in [-0.3, -0.25) is 4.90 Å². The molecular weight excluding hydrogens is 272 g/mol. The van der Waals surface area contributed by atoms with Gasteiger partial charge >= 0.3 is 12.0 Å². The van der Waals surface area contributed by atoms with Crippen molar-refractivity contribution in [3.8, 4) is 0 Å². The summed E-state index contributed by atoms with van der Waals surface area (Å²) < 4.78 is 0. The van der Waals surface area contributed by atoms with Gasteiger partial charge in [0, 0.05) is 27.2 Å². The molecule has 0 aliphatic rings. The Morgan fingerprint density at radius 2 is 1.76 bits per heavy atom. The molecule has 21 heavy (non-hydrogen) atoms. The molecule has 1 aromatic carbocycles. The van der Waals surface area contributed by atoms with E-state index in [9.17, 15) is 9.59 Å². The van der Waals surface area contributed by atoms with E-state index in [0.29, 0.717) is 12.2 Å². The number of benzene rings is 1. The first-order valence-corrected chi connectivity index (χ1v) is 6.91. The SMILES string of the molecule is CN(CCCCCO)C(=O)N(C)c1ccccc1C(=O)O. The number of urea groups is 1. The van der Waals surface area contributed by atoms with E-state index in [2.05, 4.69) is 0 Å². The van der Waals surface area contributed by atoms with Crippen LogP contribution in [0.1, 0.15) is 29.6 Å². The van der Waals surface area contributed by atoms with E-state index >= 15 is 0 Å². The number of aliphatic hydroxyl groups excluding tert-OH is 1. The summed E-state index contributed by atoms with van der Waals surface area (Å²) in [5, 5.41) is 17.9. The monoisotopic (exact) mass is 294 g/mol. The van der Waals surface area contributed by atoms with Crippen LogP contribution >= 0.6 is 0 Å². The van der Waals surface area contributed by atoms with Crippen molar-refractivity contribution in [2.45, 2.75) is 19.3 Å². The summed E-state index contributed by atoms with van der Waals surface area (Å²) in [5.74, 6) is -1.06. The molecule has 0 fully saturated rings. The molecule has 0 bridgehead atoms. The number of aromatic carboxylic acids is 1. The second-order valence-electron chi connectivity index (χ2n) is 4.87. The molecule has 0 saturated carbocycles. The fourth-order valence-electron chi connectivity index (χ4n) is 2.04. The van der Waals surface area contributed by atoms with Crippen LogP contribution in [0.2, 0.25) is 0 Å². The molecule has 0 heterocycles. The highest BCUT2D eigenvalue weighted by atomic mass is 16.4. The summed E-state index contributed by atoms with van der Waals surface area (Å²) in [6.45, 7) is 0.724. The lowest BCUT2D eigenvalue weighted by molar-refractivity contribution is 0.0697. The zero-order chi connectivity index (χ0) is 15.8. The van der Waals surface area contributed by atoms with Gasteiger partial charge in [-0.05, 0) is 31.4 Å². The highest BCUT2D eigenvalue weighted by Crippen LogP contribution is 2.20. The summed E-state index contributed by atoms with van der Waals surface area (Å²) in [5.41, 5.74) is 0.472. The van der Waals surface area contributed by atoms with Gasteiger partial charge in [0.15, 0.2) is 0 Å². The van der Waals surface area contributed by atoms with Crippen molar-refractivity contribution < 1.29 is 19.8 Å². The van der Waals surface area contributed by atoms with Gasteiger partial charge in [0.1, 0.15) is 0 Å². The van der Waals surface area contributed by atoms with Crippen LogP contribution in [0.3, 0.4) is 0 Å². The van der Waals surface area contributed by atoms with E-state index in [1.807, 2.05) is 0 Å². The maximum Gasteiger partial charge on any atom is 0.337 e. The third kappa shape index (κ3) is 4.75. The topological polar surface area (TPSA) is 81.1 Å². The zero-order valence-electron chi connectivity index (χ0n) is 12.5. The van der Waals surface area contributed by atoms with Crippen LogP contribution in [-0.2, 0) is 0 Å². The summed E-state index contributed by atoms with van der Waals surface area (Å²) in [4.78, 5) is 26.4. The number of rotatable bonds is 7. The van der Waals surface area contributed by atoms with Crippen LogP contribution in [0.25, 0.3) is 0 Å². The zero-order valence-corrected chi connectivity index (χ0v) is 12.5. The Morgan fingerprint density at radius 3 is 2.38 bits per heavy atom. The highest BCUT2D eigenvalue weighted by Gasteiger charge is 2.20. The van der Waals surface area contributed by atoms with E-state index in [1.54, 1.807) is 37.2 Å². The van der Waals surface area contributed by atoms with Gasteiger partial charge in [0.2, 0.25) is 0 Å². The molecule has 0 aromatic heterocycles. The maximum absolute atomic E-state index is 12.3. The first-order chi connectivity index (χ1) is 9.99. The molecule has 0 spiro atoms. The van der Waals surface area contributed by atoms with Gasteiger partial charge in [-0.15, -0.1) is 0 Å². The predicted molar refractivity (Wildman–Crippen MR) is 80.8 cm³/mol. The van der Waals surface area contributed by atoms with Gasteiger partial charge in [-0.2, -0.15) is 0 Å². The molecule has 0 aliphatic carbocycles. The minimum absolute atomic E-state index is 0.0991. The standard InChI is InChI=1S/C15H22N2O4/c1-16(10-6-3-7-11-18)15(21)17(2)13-9-5-4-8-12(13)14(19)20/h4-5,8-9,18H,3,6-7,10-11H2,1-2H3,(H,19,20). The van der Waals surface area contributed by atoms with E-state index in [1.165, 1.54) is 11.0 Å². The molecule has 2 amide bonds. The summed E-state index contributed by atoms with van der Waals surface area (Å²) in [7, 11) is 3.25. The Labute approximate surface area is 124 Å². The lowest BCUT2D eigenvalue weighted by Crippen LogP contribution is -2.40. The molecular formula is C15H22N2O4. The van der Waals surface area contributed by atoms with E-state index < -0.39 is 5.97 Å². The van der Waals surface area contributed by atoms with Crippen LogP contribution in [0.4, 0.5) is 10.5 Å². The first kappa shape index (κ1) is 17.0. The van der Waals surface area contributed by atoms with Crippen LogP contribution in [-0.4, -0.2) is 54.4 Å². The fraction of sp³-hybridized carbons (Fsp3) is 0.467. The smallest absolute Gasteiger partial charge is 0.337 e. The number of amides is 2. The molecule has 0 unspecified atom stereocenters. The van der Waals surface area contributed by atoms with Gasteiger partial charge in [-0.1, -0.05) is 12.1 Å². The van der Waals surface area contributed by atoms with Crippen molar-refractivity contribution in [3.05, 3.63) is 29.8 Å². The number of carboxylic acid groups (broad SMARTS) is 1. The van der Waals surface area contributed by atoms with Crippen LogP contribution in [0.15, 0.2) is 24.3 Å². The molecule has 0 saturated heterocycles. The third-order valence-electron chi connectivity index (χ3n) is 3.26. The molecule has 1 rings (SSSR count). The van der Waals surface area contributed by atoms with Gasteiger partial charge in [0.25, 0.3) is 0 Å². The number of para-hydroxylation sites is 1. The number of anilines is 1. The van der Waals surface area contributed by atoms with E-state index in [-0.39, 0.29) is 18.2 Å². The summed E-state index contributed by atoms with van der Waals surface area (Å²) in [6.07, 6.45) is 2.38. The summed E-state index contributed by atoms with van der Waals surface area (Å²) >= 11 is 0. The van der Waals surface area contributed by atoms with Crippen molar-refractivity contribution in [2.75, 3.05) is 32.1 Å². The Hall–Kier alpha value is -2.08. The molecule has 0 aliphatic heterocycles. The third-order valence-corrected chi connectivity index (χ3v) is 3.26. The first-order valence-electron chi connectivity index (χ1n) is 6.91. The normalized spacial score (nSPS) is 10.2. The number of aliphatic hydroxyl groups is 1. The Morgan fingerprint density at radius 1 is 1.10 bits per heavy atom. The Bertz CT molecular complexity index is 490. The fourth-order valence-corrected chi connectivity index (χ4v) is 2.04. The van der Waals surface area contributed by atoms with Crippen molar-refractivity contribution >= 4 is 17.7 Å². The molecule has 1 aromatic rings. The second-order valence-corrected chi connectivity index (χ2v) is 4.87. The Kier molecular flexibility index (Phi) is 6.68. The maximum atomic E-state index is 12.3. The quantitative estimate of drug-likeness (QED) is 0.754. The number of unbranched alkanes of at least 4 members (excludes halogenated alkanes) is 2. The lowest BCUT2D eigenvalue weighted by Gasteiger charge is -2.26. The highest BCUT2D eigenvalue weighted by molar-refractivity contribution is 6.00. The molecule has 6 nitrogen and oxygen atoms in total.